The van der Waals surface area contributed by atoms with Gasteiger partial charge in [-0.3, -0.25) is 14.6 Å². The van der Waals surface area contributed by atoms with Gasteiger partial charge in [-0.25, -0.2) is 4.39 Å². The molecule has 5 rings (SSSR count). The lowest BCUT2D eigenvalue weighted by Gasteiger charge is -2.40. The Morgan fingerprint density at radius 1 is 1.14 bits per heavy atom. The van der Waals surface area contributed by atoms with Gasteiger partial charge in [0.1, 0.15) is 18.4 Å². The molecule has 3 aromatic rings. The Kier molecular flexibility index (Phi) is 7.90. The number of aryl methyl sites for hydroxylation is 1. The van der Waals surface area contributed by atoms with Gasteiger partial charge in [-0.2, -0.15) is 4.37 Å². The van der Waals surface area contributed by atoms with Crippen LogP contribution in [-0.4, -0.2) is 61.7 Å². The van der Waals surface area contributed by atoms with E-state index in [0.29, 0.717) is 6.42 Å². The molecule has 0 bridgehead atoms. The summed E-state index contributed by atoms with van der Waals surface area (Å²) in [7, 11) is 1.63. The van der Waals surface area contributed by atoms with Crippen molar-refractivity contribution in [3.8, 4) is 0 Å². The number of anilines is 2. The number of halogens is 2. The summed E-state index contributed by atoms with van der Waals surface area (Å²) in [5.74, 6) is 0.816. The van der Waals surface area contributed by atoms with Crippen molar-refractivity contribution in [2.45, 2.75) is 39.0 Å². The summed E-state index contributed by atoms with van der Waals surface area (Å²) in [5, 5.41) is 0.914. The lowest BCUT2D eigenvalue weighted by atomic mass is 9.75. The fraction of sp³-hybridized carbons (Fsp3) is 0.481. The van der Waals surface area contributed by atoms with Gasteiger partial charge in [-0.1, -0.05) is 26.0 Å². The zero-order valence-electron chi connectivity index (χ0n) is 21.3. The van der Waals surface area contributed by atoms with E-state index in [2.05, 4.69) is 47.1 Å². The molecule has 9 heteroatoms. The zero-order chi connectivity index (χ0) is 24.7. The van der Waals surface area contributed by atoms with Gasteiger partial charge in [0.2, 0.25) is 5.91 Å². The van der Waals surface area contributed by atoms with Crippen LogP contribution in [0, 0.1) is 12.7 Å². The molecule has 3 heterocycles. The summed E-state index contributed by atoms with van der Waals surface area (Å²) < 4.78 is 24.7. The Bertz CT molecular complexity index is 1260. The fourth-order valence-electron chi connectivity index (χ4n) is 5.43. The molecule has 194 valence electrons. The Hall–Kier alpha value is -2.26. The molecule has 1 saturated heterocycles. The van der Waals surface area contributed by atoms with E-state index in [1.54, 1.807) is 18.1 Å². The summed E-state index contributed by atoms with van der Waals surface area (Å²) in [6, 6.07) is 9.43. The second kappa shape index (κ2) is 10.6. The molecule has 0 radical (unpaired) electrons. The highest BCUT2D eigenvalue weighted by Gasteiger charge is 2.37. The molecule has 2 aromatic carbocycles. The van der Waals surface area contributed by atoms with Crippen molar-refractivity contribution in [2.24, 2.45) is 0 Å². The van der Waals surface area contributed by atoms with Gasteiger partial charge in [0.15, 0.2) is 0 Å². The van der Waals surface area contributed by atoms with E-state index in [1.807, 2.05) is 6.07 Å². The monoisotopic (exact) mass is 532 g/mol. The van der Waals surface area contributed by atoms with Gasteiger partial charge in [0.05, 0.1) is 10.4 Å². The number of methoxy groups -OCH3 is 1. The van der Waals surface area contributed by atoms with Crippen LogP contribution >= 0.6 is 23.9 Å². The molecular formula is C27H34ClFN4O2S. The van der Waals surface area contributed by atoms with E-state index in [-0.39, 0.29) is 36.3 Å². The molecule has 2 aliphatic heterocycles. The number of hydrogen-bond acceptors (Lipinski definition) is 6. The zero-order valence-corrected chi connectivity index (χ0v) is 23.0. The molecule has 0 unspecified atom stereocenters. The summed E-state index contributed by atoms with van der Waals surface area (Å²) in [6.07, 6.45) is 1.46. The number of nitrogens with zero attached hydrogens (tertiary/aromatic N) is 4. The van der Waals surface area contributed by atoms with Crippen molar-refractivity contribution in [1.29, 1.82) is 0 Å². The van der Waals surface area contributed by atoms with Crippen LogP contribution in [0.1, 0.15) is 37.0 Å². The van der Waals surface area contributed by atoms with Gasteiger partial charge in [-0.15, -0.1) is 12.4 Å². The van der Waals surface area contributed by atoms with Gasteiger partial charge in [0.25, 0.3) is 0 Å². The fourth-order valence-corrected chi connectivity index (χ4v) is 6.20. The SMILES string of the molecule is COCN1C(=O)CC(C)(C)c2cc(CCN3CCN(c4nsc5ccc(F)cc45)CC3)cc(C)c21.Cl. The number of carbonyl (C=O) groups excluding carboxylic acids is 1. The average molecular weight is 533 g/mol. The molecule has 1 amide bonds. The third kappa shape index (κ3) is 5.09. The number of ether oxygens (including phenoxy) is 1. The first-order valence-corrected chi connectivity index (χ1v) is 13.0. The van der Waals surface area contributed by atoms with E-state index in [4.69, 9.17) is 4.74 Å². The first kappa shape index (κ1) is 26.8. The highest BCUT2D eigenvalue weighted by molar-refractivity contribution is 7.13. The maximum atomic E-state index is 13.8. The number of amides is 1. The predicted molar refractivity (Wildman–Crippen MR) is 147 cm³/mol. The van der Waals surface area contributed by atoms with E-state index in [1.165, 1.54) is 28.7 Å². The van der Waals surface area contributed by atoms with E-state index in [0.717, 1.165) is 66.3 Å². The topological polar surface area (TPSA) is 48.9 Å². The van der Waals surface area contributed by atoms with E-state index < -0.39 is 0 Å². The maximum absolute atomic E-state index is 13.8. The van der Waals surface area contributed by atoms with Crippen LogP contribution in [0.4, 0.5) is 15.9 Å². The number of benzene rings is 2. The van der Waals surface area contributed by atoms with Gasteiger partial charge in [-0.05, 0) is 59.8 Å². The molecule has 6 nitrogen and oxygen atoms in total. The summed E-state index contributed by atoms with van der Waals surface area (Å²) in [4.78, 5) is 19.3. The molecule has 1 fully saturated rings. The molecule has 2 aliphatic rings. The summed E-state index contributed by atoms with van der Waals surface area (Å²) in [6.45, 7) is 11.4. The maximum Gasteiger partial charge on any atom is 0.229 e. The second-order valence-electron chi connectivity index (χ2n) is 10.3. The highest BCUT2D eigenvalue weighted by Crippen LogP contribution is 2.42. The summed E-state index contributed by atoms with van der Waals surface area (Å²) in [5.41, 5.74) is 4.49. The largest absolute Gasteiger partial charge is 0.364 e. The van der Waals surface area contributed by atoms with Crippen LogP contribution in [0.25, 0.3) is 10.1 Å². The van der Waals surface area contributed by atoms with Crippen molar-refractivity contribution in [1.82, 2.24) is 9.27 Å². The Morgan fingerprint density at radius 3 is 2.61 bits per heavy atom. The third-order valence-corrected chi connectivity index (χ3v) is 8.13. The smallest absolute Gasteiger partial charge is 0.229 e. The van der Waals surface area contributed by atoms with Gasteiger partial charge < -0.3 is 9.64 Å². The number of piperazine rings is 1. The molecule has 0 spiro atoms. The number of aromatic nitrogens is 1. The van der Waals surface area contributed by atoms with Crippen LogP contribution in [0.15, 0.2) is 30.3 Å². The molecule has 36 heavy (non-hydrogen) atoms. The van der Waals surface area contributed by atoms with Crippen LogP contribution in [0.3, 0.4) is 0 Å². The Labute approximate surface area is 222 Å². The van der Waals surface area contributed by atoms with E-state index >= 15 is 0 Å². The molecule has 0 saturated carbocycles. The first-order chi connectivity index (χ1) is 16.8. The minimum atomic E-state index is -0.212. The predicted octanol–water partition coefficient (Wildman–Crippen LogP) is 5.15. The second-order valence-corrected chi connectivity index (χ2v) is 11.1. The number of hydrogen-bond donors (Lipinski definition) is 0. The average Bonchev–Trinajstić information content (AvgIpc) is 3.23. The normalized spacial score (nSPS) is 17.9. The number of carbonyl (C=O) groups is 1. The number of rotatable bonds is 6. The van der Waals surface area contributed by atoms with Gasteiger partial charge >= 0.3 is 0 Å². The van der Waals surface area contributed by atoms with Crippen molar-refractivity contribution < 1.29 is 13.9 Å². The van der Waals surface area contributed by atoms with Crippen molar-refractivity contribution in [2.75, 3.05) is 56.4 Å². The highest BCUT2D eigenvalue weighted by atomic mass is 35.5. The molecule has 0 N–H and O–H groups in total. The lowest BCUT2D eigenvalue weighted by molar-refractivity contribution is -0.121. The standard InChI is InChI=1S/C27H33FN4O2S.ClH/c1-18-13-19(14-22-25(18)32(17-34-4)24(33)16-27(22,2)3)7-8-30-9-11-31(12-10-30)26-21-15-20(28)5-6-23(21)35-29-26;/h5-6,13-15H,7-12,16-17H2,1-4H3;1H. The van der Waals surface area contributed by atoms with Crippen LogP contribution in [-0.2, 0) is 21.4 Å². The summed E-state index contributed by atoms with van der Waals surface area (Å²) >= 11 is 1.44. The van der Waals surface area contributed by atoms with Crippen molar-refractivity contribution >= 4 is 51.4 Å². The van der Waals surface area contributed by atoms with Crippen LogP contribution in [0.5, 0.6) is 0 Å². The molecule has 0 aliphatic carbocycles. The van der Waals surface area contributed by atoms with Gasteiger partial charge in [0, 0.05) is 57.1 Å². The minimum absolute atomic E-state index is 0. The Balaban J connectivity index is 0.00000304. The molecule has 1 aromatic heterocycles. The minimum Gasteiger partial charge on any atom is -0.364 e. The first-order valence-electron chi connectivity index (χ1n) is 12.2. The Morgan fingerprint density at radius 2 is 1.89 bits per heavy atom. The molecular weight excluding hydrogens is 499 g/mol. The van der Waals surface area contributed by atoms with Crippen LogP contribution in [0.2, 0.25) is 0 Å². The van der Waals surface area contributed by atoms with Crippen molar-refractivity contribution in [3.63, 3.8) is 0 Å². The van der Waals surface area contributed by atoms with E-state index in [9.17, 15) is 9.18 Å². The van der Waals surface area contributed by atoms with Crippen LogP contribution < -0.4 is 9.80 Å². The molecule has 0 atom stereocenters. The lowest BCUT2D eigenvalue weighted by Crippen LogP contribution is -2.47. The quantitative estimate of drug-likeness (QED) is 0.439. The third-order valence-electron chi connectivity index (χ3n) is 7.31. The number of fused-ring (bicyclic) bond motifs is 2. The van der Waals surface area contributed by atoms with Crippen molar-refractivity contribution in [3.05, 3.63) is 52.8 Å².